The van der Waals surface area contributed by atoms with Gasteiger partial charge in [-0.3, -0.25) is 9.69 Å². The van der Waals surface area contributed by atoms with E-state index in [-0.39, 0.29) is 6.04 Å². The molecule has 0 aromatic carbocycles. The molecule has 1 saturated carbocycles. The van der Waals surface area contributed by atoms with Gasteiger partial charge >= 0.3 is 0 Å². The van der Waals surface area contributed by atoms with Gasteiger partial charge in [0.05, 0.1) is 6.04 Å². The molecule has 1 amide bonds. The summed E-state index contributed by atoms with van der Waals surface area (Å²) >= 11 is 0. The van der Waals surface area contributed by atoms with E-state index in [0.717, 1.165) is 50.4 Å². The minimum absolute atomic E-state index is 0.106. The number of rotatable bonds is 5. The summed E-state index contributed by atoms with van der Waals surface area (Å²) in [5.74, 6) is 1.42. The second kappa shape index (κ2) is 7.14. The molecule has 3 heterocycles. The van der Waals surface area contributed by atoms with Crippen molar-refractivity contribution in [1.29, 1.82) is 0 Å². The van der Waals surface area contributed by atoms with Crippen molar-refractivity contribution in [2.75, 3.05) is 24.5 Å². The number of aryl methyl sites for hydroxylation is 1. The van der Waals surface area contributed by atoms with Crippen LogP contribution < -0.4 is 4.90 Å². The zero-order chi connectivity index (χ0) is 18.3. The molecule has 26 heavy (non-hydrogen) atoms. The third-order valence-electron chi connectivity index (χ3n) is 6.16. The van der Waals surface area contributed by atoms with Gasteiger partial charge in [0.1, 0.15) is 12.1 Å². The first-order valence-corrected chi connectivity index (χ1v) is 10.2. The lowest BCUT2D eigenvalue weighted by Crippen LogP contribution is -2.51. The highest BCUT2D eigenvalue weighted by Crippen LogP contribution is 2.36. The molecular weight excluding hydrogens is 326 g/mol. The lowest BCUT2D eigenvalue weighted by Gasteiger charge is -2.41. The minimum Gasteiger partial charge on any atom is -0.350 e. The van der Waals surface area contributed by atoms with Crippen LogP contribution in [0.3, 0.4) is 0 Å². The van der Waals surface area contributed by atoms with E-state index >= 15 is 0 Å². The van der Waals surface area contributed by atoms with Crippen LogP contribution in [0.25, 0.3) is 0 Å². The maximum absolute atomic E-state index is 12.7. The van der Waals surface area contributed by atoms with E-state index in [1.54, 1.807) is 6.33 Å². The minimum atomic E-state index is 0.106. The summed E-state index contributed by atoms with van der Waals surface area (Å²) in [6.07, 6.45) is 7.45. The predicted octanol–water partition coefficient (Wildman–Crippen LogP) is 2.23. The number of aromatic nitrogens is 2. The Morgan fingerprint density at radius 3 is 2.31 bits per heavy atom. The number of carbonyl (C=O) groups excluding carboxylic acids is 1. The summed E-state index contributed by atoms with van der Waals surface area (Å²) in [7, 11) is 0. The number of hydrogen-bond acceptors (Lipinski definition) is 5. The number of amides is 1. The summed E-state index contributed by atoms with van der Waals surface area (Å²) < 4.78 is 0. The topological polar surface area (TPSA) is 52.6 Å². The van der Waals surface area contributed by atoms with Crippen molar-refractivity contribution in [3.63, 3.8) is 0 Å². The van der Waals surface area contributed by atoms with Gasteiger partial charge in [-0.2, -0.15) is 0 Å². The smallest absolute Gasteiger partial charge is 0.240 e. The van der Waals surface area contributed by atoms with Crippen molar-refractivity contribution in [3.8, 4) is 0 Å². The van der Waals surface area contributed by atoms with Gasteiger partial charge in [-0.15, -0.1) is 0 Å². The Kier molecular flexibility index (Phi) is 4.86. The Hall–Kier alpha value is -1.69. The van der Waals surface area contributed by atoms with Crippen LogP contribution in [0.15, 0.2) is 12.4 Å². The molecule has 3 fully saturated rings. The summed E-state index contributed by atoms with van der Waals surface area (Å²) in [5, 5.41) is 0. The molecule has 2 aliphatic heterocycles. The number of nitrogens with zero attached hydrogens (tertiary/aromatic N) is 5. The first kappa shape index (κ1) is 17.7. The molecule has 0 spiro atoms. The van der Waals surface area contributed by atoms with Crippen LogP contribution in [-0.2, 0) is 4.79 Å². The summed E-state index contributed by atoms with van der Waals surface area (Å²) in [6, 6.07) is 3.72. The highest BCUT2D eigenvalue weighted by Gasteiger charge is 2.41. The molecule has 4 rings (SSSR count). The van der Waals surface area contributed by atoms with E-state index in [2.05, 4.69) is 39.7 Å². The lowest BCUT2D eigenvalue weighted by molar-refractivity contribution is -0.133. The fourth-order valence-corrected chi connectivity index (χ4v) is 4.62. The van der Waals surface area contributed by atoms with Crippen molar-refractivity contribution in [2.24, 2.45) is 0 Å². The third-order valence-corrected chi connectivity index (χ3v) is 6.16. The Labute approximate surface area is 156 Å². The number of piperidine rings is 1. The van der Waals surface area contributed by atoms with Crippen molar-refractivity contribution in [3.05, 3.63) is 18.1 Å². The number of anilines is 1. The third kappa shape index (κ3) is 3.43. The fourth-order valence-electron chi connectivity index (χ4n) is 4.62. The fraction of sp³-hybridized carbons (Fsp3) is 0.750. The average molecular weight is 358 g/mol. The van der Waals surface area contributed by atoms with E-state index in [9.17, 15) is 4.79 Å². The van der Waals surface area contributed by atoms with Crippen molar-refractivity contribution in [2.45, 2.75) is 77.0 Å². The largest absolute Gasteiger partial charge is 0.350 e. The SMILES string of the molecule is Cc1cc(N(C2CC2)C2CCN(C3CCN(C(C)C)C3=O)CC2)ncn1. The van der Waals surface area contributed by atoms with E-state index in [1.807, 2.05) is 11.8 Å². The monoisotopic (exact) mass is 357 g/mol. The molecule has 0 N–H and O–H groups in total. The van der Waals surface area contributed by atoms with Crippen LogP contribution in [0.2, 0.25) is 0 Å². The Balaban J connectivity index is 1.40. The first-order chi connectivity index (χ1) is 12.5. The van der Waals surface area contributed by atoms with E-state index < -0.39 is 0 Å². The Morgan fingerprint density at radius 2 is 1.73 bits per heavy atom. The molecule has 1 unspecified atom stereocenters. The van der Waals surface area contributed by atoms with Crippen molar-refractivity contribution in [1.82, 2.24) is 19.8 Å². The molecule has 0 radical (unpaired) electrons. The normalized spacial score (nSPS) is 25.3. The van der Waals surface area contributed by atoms with Gasteiger partial charge in [0, 0.05) is 49.5 Å². The molecule has 1 aromatic heterocycles. The summed E-state index contributed by atoms with van der Waals surface area (Å²) in [5.41, 5.74) is 1.03. The van der Waals surface area contributed by atoms with E-state index in [0.29, 0.717) is 24.0 Å². The summed E-state index contributed by atoms with van der Waals surface area (Å²) in [4.78, 5) is 28.5. The zero-order valence-corrected chi connectivity index (χ0v) is 16.3. The van der Waals surface area contributed by atoms with Crippen LogP contribution in [0, 0.1) is 6.92 Å². The standard InChI is InChI=1S/C20H31N5O/c1-14(2)24-11-8-18(20(24)26)23-9-6-17(7-10-23)25(16-4-5-16)19-12-15(3)21-13-22-19/h12-14,16-18H,4-11H2,1-3H3. The van der Waals surface area contributed by atoms with Gasteiger partial charge in [-0.1, -0.05) is 0 Å². The van der Waals surface area contributed by atoms with Crippen molar-refractivity contribution < 1.29 is 4.79 Å². The van der Waals surface area contributed by atoms with Crippen LogP contribution >= 0.6 is 0 Å². The van der Waals surface area contributed by atoms with Gasteiger partial charge in [0.15, 0.2) is 0 Å². The predicted molar refractivity (Wildman–Crippen MR) is 102 cm³/mol. The van der Waals surface area contributed by atoms with Gasteiger partial charge in [-0.25, -0.2) is 9.97 Å². The molecule has 6 heteroatoms. The summed E-state index contributed by atoms with van der Waals surface area (Å²) in [6.45, 7) is 9.20. The van der Waals surface area contributed by atoms with Crippen LogP contribution in [-0.4, -0.2) is 69.5 Å². The molecule has 2 saturated heterocycles. The van der Waals surface area contributed by atoms with Gasteiger partial charge in [0.2, 0.25) is 5.91 Å². The van der Waals surface area contributed by atoms with Crippen LogP contribution in [0.1, 0.15) is 51.6 Å². The molecule has 3 aliphatic rings. The van der Waals surface area contributed by atoms with Gasteiger partial charge in [-0.05, 0) is 52.9 Å². The highest BCUT2D eigenvalue weighted by molar-refractivity contribution is 5.84. The molecule has 142 valence electrons. The quantitative estimate of drug-likeness (QED) is 0.809. The van der Waals surface area contributed by atoms with Gasteiger partial charge < -0.3 is 9.80 Å². The molecule has 6 nitrogen and oxygen atoms in total. The molecule has 1 aromatic rings. The molecule has 1 atom stereocenters. The molecule has 1 aliphatic carbocycles. The van der Waals surface area contributed by atoms with Crippen LogP contribution in [0.5, 0.6) is 0 Å². The Bertz CT molecular complexity index is 651. The van der Waals surface area contributed by atoms with Crippen LogP contribution in [0.4, 0.5) is 5.82 Å². The zero-order valence-electron chi connectivity index (χ0n) is 16.3. The van der Waals surface area contributed by atoms with Gasteiger partial charge in [0.25, 0.3) is 0 Å². The molecule has 0 bridgehead atoms. The number of hydrogen-bond donors (Lipinski definition) is 0. The van der Waals surface area contributed by atoms with E-state index in [4.69, 9.17) is 0 Å². The second-order valence-corrected chi connectivity index (χ2v) is 8.35. The number of carbonyl (C=O) groups is 1. The molecular formula is C20H31N5O. The maximum atomic E-state index is 12.7. The Morgan fingerprint density at radius 1 is 1.04 bits per heavy atom. The van der Waals surface area contributed by atoms with E-state index in [1.165, 1.54) is 12.8 Å². The number of likely N-dealkylation sites (tertiary alicyclic amines) is 2. The lowest BCUT2D eigenvalue weighted by atomic mass is 10.0. The maximum Gasteiger partial charge on any atom is 0.240 e. The average Bonchev–Trinajstić information content (AvgIpc) is 3.37. The van der Waals surface area contributed by atoms with Crippen molar-refractivity contribution >= 4 is 11.7 Å². The second-order valence-electron chi connectivity index (χ2n) is 8.35. The highest BCUT2D eigenvalue weighted by atomic mass is 16.2. The first-order valence-electron chi connectivity index (χ1n) is 10.2.